The highest BCUT2D eigenvalue weighted by Crippen LogP contribution is 2.22. The van der Waals surface area contributed by atoms with Crippen LogP contribution in [0.3, 0.4) is 0 Å². The summed E-state index contributed by atoms with van der Waals surface area (Å²) in [7, 11) is 3.48. The molecule has 0 unspecified atom stereocenters. The number of anilines is 1. The van der Waals surface area contributed by atoms with Crippen LogP contribution in [-0.2, 0) is 24.2 Å². The normalized spacial score (nSPS) is 13.6. The van der Waals surface area contributed by atoms with Gasteiger partial charge in [0.15, 0.2) is 0 Å². The van der Waals surface area contributed by atoms with E-state index in [1.54, 1.807) is 13.3 Å². The summed E-state index contributed by atoms with van der Waals surface area (Å²) in [5.74, 6) is 2.27. The molecule has 6 nitrogen and oxygen atoms in total. The highest BCUT2D eigenvalue weighted by molar-refractivity contribution is 5.47. The fourth-order valence-corrected chi connectivity index (χ4v) is 2.39. The van der Waals surface area contributed by atoms with E-state index in [0.29, 0.717) is 18.9 Å². The van der Waals surface area contributed by atoms with Gasteiger partial charge in [-0.05, 0) is 5.56 Å². The van der Waals surface area contributed by atoms with E-state index in [1.165, 1.54) is 0 Å². The first kappa shape index (κ1) is 13.8. The maximum atomic E-state index is 5.48. The Morgan fingerprint density at radius 3 is 2.95 bits per heavy atom. The molecule has 0 saturated carbocycles. The average molecular weight is 286 g/mol. The molecule has 0 amide bonds. The summed E-state index contributed by atoms with van der Waals surface area (Å²) in [5.41, 5.74) is 3.21. The van der Waals surface area contributed by atoms with Crippen molar-refractivity contribution in [3.05, 3.63) is 41.0 Å². The smallest absolute Gasteiger partial charge is 0.212 e. The summed E-state index contributed by atoms with van der Waals surface area (Å²) in [6.07, 6.45) is 3.28. The number of aromatic nitrogens is 3. The standard InChI is InChI=1S/C15H18N4O2/c1-16-15-11-9-21-6-5-12(11)18-13(19-15)7-10-3-4-14(20-2)17-8-10/h3-4,8H,5-7,9H2,1-2H3,(H,16,18,19). The second-order valence-electron chi connectivity index (χ2n) is 4.85. The zero-order chi connectivity index (χ0) is 14.7. The molecule has 0 spiro atoms. The Morgan fingerprint density at radius 2 is 2.24 bits per heavy atom. The van der Waals surface area contributed by atoms with Crippen LogP contribution in [0.25, 0.3) is 0 Å². The maximum Gasteiger partial charge on any atom is 0.212 e. The Labute approximate surface area is 123 Å². The molecule has 0 aliphatic carbocycles. The fraction of sp³-hybridized carbons (Fsp3) is 0.400. The molecule has 0 radical (unpaired) electrons. The first-order valence-corrected chi connectivity index (χ1v) is 6.93. The SMILES string of the molecule is CNc1nc(Cc2ccc(OC)nc2)nc2c1COCC2. The molecular formula is C15H18N4O2. The van der Waals surface area contributed by atoms with Gasteiger partial charge in [0.1, 0.15) is 11.6 Å². The molecule has 3 heterocycles. The highest BCUT2D eigenvalue weighted by Gasteiger charge is 2.17. The van der Waals surface area contributed by atoms with Crippen molar-refractivity contribution >= 4 is 5.82 Å². The lowest BCUT2D eigenvalue weighted by molar-refractivity contribution is 0.109. The van der Waals surface area contributed by atoms with E-state index >= 15 is 0 Å². The van der Waals surface area contributed by atoms with Crippen LogP contribution in [0.4, 0.5) is 5.82 Å². The van der Waals surface area contributed by atoms with Gasteiger partial charge in [0.2, 0.25) is 5.88 Å². The van der Waals surface area contributed by atoms with E-state index in [4.69, 9.17) is 9.47 Å². The predicted molar refractivity (Wildman–Crippen MR) is 78.5 cm³/mol. The predicted octanol–water partition coefficient (Wildman–Crippen LogP) is 1.59. The van der Waals surface area contributed by atoms with Crippen LogP contribution in [-0.4, -0.2) is 35.7 Å². The van der Waals surface area contributed by atoms with E-state index < -0.39 is 0 Å². The number of pyridine rings is 1. The van der Waals surface area contributed by atoms with Crippen LogP contribution in [0.2, 0.25) is 0 Å². The number of hydrogen-bond acceptors (Lipinski definition) is 6. The first-order chi connectivity index (χ1) is 10.3. The Balaban J connectivity index is 1.87. The summed E-state index contributed by atoms with van der Waals surface area (Å²) >= 11 is 0. The first-order valence-electron chi connectivity index (χ1n) is 6.93. The summed E-state index contributed by atoms with van der Waals surface area (Å²) < 4.78 is 10.5. The summed E-state index contributed by atoms with van der Waals surface area (Å²) in [6, 6.07) is 3.83. The lowest BCUT2D eigenvalue weighted by atomic mass is 10.1. The third-order valence-electron chi connectivity index (χ3n) is 3.47. The Bertz CT molecular complexity index is 611. The fourth-order valence-electron chi connectivity index (χ4n) is 2.39. The van der Waals surface area contributed by atoms with Crippen LogP contribution in [0, 0.1) is 0 Å². The van der Waals surface area contributed by atoms with Crippen molar-refractivity contribution in [3.63, 3.8) is 0 Å². The van der Waals surface area contributed by atoms with Gasteiger partial charge < -0.3 is 14.8 Å². The molecule has 0 aromatic carbocycles. The van der Waals surface area contributed by atoms with Gasteiger partial charge in [0.05, 0.1) is 26.0 Å². The van der Waals surface area contributed by atoms with Crippen molar-refractivity contribution in [2.75, 3.05) is 26.1 Å². The second-order valence-corrected chi connectivity index (χ2v) is 4.85. The zero-order valence-corrected chi connectivity index (χ0v) is 12.2. The monoisotopic (exact) mass is 286 g/mol. The van der Waals surface area contributed by atoms with Crippen molar-refractivity contribution in [2.45, 2.75) is 19.4 Å². The molecular weight excluding hydrogens is 268 g/mol. The maximum absolute atomic E-state index is 5.48. The van der Waals surface area contributed by atoms with E-state index in [9.17, 15) is 0 Å². The van der Waals surface area contributed by atoms with Crippen molar-refractivity contribution in [2.24, 2.45) is 0 Å². The zero-order valence-electron chi connectivity index (χ0n) is 12.2. The molecule has 1 N–H and O–H groups in total. The Morgan fingerprint density at radius 1 is 1.33 bits per heavy atom. The minimum absolute atomic E-state index is 0.579. The molecule has 3 rings (SSSR count). The average Bonchev–Trinajstić information content (AvgIpc) is 2.55. The molecule has 1 aliphatic heterocycles. The topological polar surface area (TPSA) is 69.2 Å². The van der Waals surface area contributed by atoms with Crippen LogP contribution in [0.1, 0.15) is 22.6 Å². The van der Waals surface area contributed by atoms with Crippen molar-refractivity contribution < 1.29 is 9.47 Å². The molecule has 110 valence electrons. The minimum atomic E-state index is 0.579. The number of nitrogens with zero attached hydrogens (tertiary/aromatic N) is 3. The second kappa shape index (κ2) is 6.05. The minimum Gasteiger partial charge on any atom is -0.481 e. The third kappa shape index (κ3) is 2.95. The van der Waals surface area contributed by atoms with Gasteiger partial charge in [-0.25, -0.2) is 15.0 Å². The summed E-state index contributed by atoms with van der Waals surface area (Å²) in [6.45, 7) is 1.30. The number of ether oxygens (including phenoxy) is 2. The van der Waals surface area contributed by atoms with Crippen LogP contribution < -0.4 is 10.1 Å². The molecule has 0 bridgehead atoms. The molecule has 2 aromatic heterocycles. The Kier molecular flexibility index (Phi) is 3.96. The van der Waals surface area contributed by atoms with Gasteiger partial charge in [0, 0.05) is 37.7 Å². The molecule has 6 heteroatoms. The largest absolute Gasteiger partial charge is 0.481 e. The van der Waals surface area contributed by atoms with Crippen molar-refractivity contribution in [1.29, 1.82) is 0 Å². The number of fused-ring (bicyclic) bond motifs is 1. The van der Waals surface area contributed by atoms with Gasteiger partial charge in [-0.3, -0.25) is 0 Å². The number of nitrogens with one attached hydrogen (secondary N) is 1. The lowest BCUT2D eigenvalue weighted by Crippen LogP contribution is -2.17. The van der Waals surface area contributed by atoms with Crippen LogP contribution in [0.15, 0.2) is 18.3 Å². The van der Waals surface area contributed by atoms with E-state index in [2.05, 4.69) is 20.3 Å². The summed E-state index contributed by atoms with van der Waals surface area (Å²) in [4.78, 5) is 13.5. The molecule has 21 heavy (non-hydrogen) atoms. The van der Waals surface area contributed by atoms with Crippen LogP contribution >= 0.6 is 0 Å². The van der Waals surface area contributed by atoms with Gasteiger partial charge in [-0.1, -0.05) is 6.07 Å². The third-order valence-corrected chi connectivity index (χ3v) is 3.47. The van der Waals surface area contributed by atoms with Gasteiger partial charge in [0.25, 0.3) is 0 Å². The highest BCUT2D eigenvalue weighted by atomic mass is 16.5. The van der Waals surface area contributed by atoms with Gasteiger partial charge in [-0.15, -0.1) is 0 Å². The van der Waals surface area contributed by atoms with Crippen molar-refractivity contribution in [3.8, 4) is 5.88 Å². The lowest BCUT2D eigenvalue weighted by Gasteiger charge is -2.19. The summed E-state index contributed by atoms with van der Waals surface area (Å²) in [5, 5.41) is 3.13. The van der Waals surface area contributed by atoms with Crippen LogP contribution in [0.5, 0.6) is 5.88 Å². The quantitative estimate of drug-likeness (QED) is 0.920. The van der Waals surface area contributed by atoms with Gasteiger partial charge in [-0.2, -0.15) is 0 Å². The van der Waals surface area contributed by atoms with E-state index in [1.807, 2.05) is 19.2 Å². The molecule has 1 aliphatic rings. The van der Waals surface area contributed by atoms with Crippen molar-refractivity contribution in [1.82, 2.24) is 15.0 Å². The van der Waals surface area contributed by atoms with E-state index in [0.717, 1.165) is 41.5 Å². The Hall–Kier alpha value is -2.21. The molecule has 2 aromatic rings. The molecule has 0 fully saturated rings. The number of hydrogen-bond donors (Lipinski definition) is 1. The van der Waals surface area contributed by atoms with E-state index in [-0.39, 0.29) is 0 Å². The van der Waals surface area contributed by atoms with Gasteiger partial charge >= 0.3 is 0 Å². The number of methoxy groups -OCH3 is 1. The molecule has 0 saturated heterocycles. The molecule has 0 atom stereocenters. The number of rotatable bonds is 4.